The van der Waals surface area contributed by atoms with Crippen LogP contribution in [0.2, 0.25) is 0 Å². The molecule has 1 aliphatic carbocycles. The van der Waals surface area contributed by atoms with Crippen LogP contribution in [0.15, 0.2) is 77.9 Å². The molecule has 2 atom stereocenters. The zero-order valence-corrected chi connectivity index (χ0v) is 21.2. The highest BCUT2D eigenvalue weighted by atomic mass is 19.1. The number of aromatic amines is 1. The fraction of sp³-hybridized carbons (Fsp3) is 0.241. The van der Waals surface area contributed by atoms with Crippen LogP contribution in [0.3, 0.4) is 0 Å². The largest absolute Gasteiger partial charge is 0.340 e. The summed E-state index contributed by atoms with van der Waals surface area (Å²) in [6.45, 7) is 2.02. The Kier molecular flexibility index (Phi) is 6.11. The molecule has 2 N–H and O–H groups in total. The smallest absolute Gasteiger partial charge is 0.267 e. The molecular formula is C29H28FN7O. The minimum absolute atomic E-state index is 0.0767. The number of halogens is 1. The maximum atomic E-state index is 12.9. The number of hydrogen-bond donors (Lipinski definition) is 2. The molecular weight excluding hydrogens is 481 g/mol. The van der Waals surface area contributed by atoms with E-state index < -0.39 is 0 Å². The number of fused-ring (bicyclic) bond motifs is 5. The lowest BCUT2D eigenvalue weighted by Gasteiger charge is -2.34. The molecule has 4 heterocycles. The summed E-state index contributed by atoms with van der Waals surface area (Å²) in [5.74, 6) is 1.74. The van der Waals surface area contributed by atoms with E-state index in [1.807, 2.05) is 61.5 Å². The standard InChI is InChI=1S/C17H18N6O.C12H10FN/c1-22-16(24)13-14(18-10-6-3-2-4-7-10)20-21-15(13)23-12-9-5-8-11(12)19-17(22)23;1-9-2-4-10(5-3-9)12-8-11(13)6-7-14-12/h2-4,6-7,11-12H,5,8-9H2,1H3,(H2,18,20,21);2-8H,1H3. The van der Waals surface area contributed by atoms with Gasteiger partial charge in [-0.15, -0.1) is 0 Å². The first kappa shape index (κ1) is 23.8. The monoisotopic (exact) mass is 509 g/mol. The molecule has 192 valence electrons. The molecule has 4 aromatic rings. The lowest BCUT2D eigenvalue weighted by atomic mass is 10.1. The van der Waals surface area contributed by atoms with Crippen molar-refractivity contribution in [3.8, 4) is 11.3 Å². The molecule has 1 saturated carbocycles. The molecule has 2 aromatic carbocycles. The van der Waals surface area contributed by atoms with E-state index in [2.05, 4.69) is 25.4 Å². The summed E-state index contributed by atoms with van der Waals surface area (Å²) >= 11 is 0. The fourth-order valence-corrected chi connectivity index (χ4v) is 5.24. The lowest BCUT2D eigenvalue weighted by molar-refractivity contribution is 0.0866. The van der Waals surface area contributed by atoms with Gasteiger partial charge in [-0.3, -0.25) is 24.7 Å². The van der Waals surface area contributed by atoms with Crippen molar-refractivity contribution in [2.24, 2.45) is 4.99 Å². The molecule has 8 nitrogen and oxygen atoms in total. The average molecular weight is 510 g/mol. The summed E-state index contributed by atoms with van der Waals surface area (Å²) in [5.41, 5.74) is 4.30. The number of nitrogens with one attached hydrogen (secondary N) is 2. The molecule has 2 aliphatic heterocycles. The minimum Gasteiger partial charge on any atom is -0.340 e. The Balaban J connectivity index is 0.000000161. The number of hydrogen-bond acceptors (Lipinski definition) is 6. The highest BCUT2D eigenvalue weighted by Crippen LogP contribution is 2.41. The number of carbonyl (C=O) groups is 1. The Labute approximate surface area is 220 Å². The average Bonchev–Trinajstić information content (AvgIpc) is 3.64. The second kappa shape index (κ2) is 9.74. The van der Waals surface area contributed by atoms with E-state index in [1.165, 1.54) is 30.3 Å². The van der Waals surface area contributed by atoms with Gasteiger partial charge in [-0.05, 0) is 44.4 Å². The van der Waals surface area contributed by atoms with Gasteiger partial charge in [-0.1, -0.05) is 48.0 Å². The zero-order chi connectivity index (χ0) is 26.2. The highest BCUT2D eigenvalue weighted by molar-refractivity contribution is 6.21. The van der Waals surface area contributed by atoms with Crippen molar-refractivity contribution in [1.29, 1.82) is 0 Å². The van der Waals surface area contributed by atoms with E-state index in [9.17, 15) is 9.18 Å². The van der Waals surface area contributed by atoms with Gasteiger partial charge in [-0.2, -0.15) is 5.10 Å². The van der Waals surface area contributed by atoms with Gasteiger partial charge >= 0.3 is 0 Å². The van der Waals surface area contributed by atoms with Crippen molar-refractivity contribution >= 4 is 29.2 Å². The van der Waals surface area contributed by atoms with Crippen LogP contribution in [0.1, 0.15) is 35.2 Å². The Hall–Kier alpha value is -4.53. The number of H-pyrrole nitrogens is 1. The van der Waals surface area contributed by atoms with Gasteiger partial charge in [0.2, 0.25) is 5.96 Å². The zero-order valence-electron chi connectivity index (χ0n) is 21.2. The van der Waals surface area contributed by atoms with Crippen molar-refractivity contribution in [3.63, 3.8) is 0 Å². The van der Waals surface area contributed by atoms with Gasteiger partial charge < -0.3 is 5.32 Å². The van der Waals surface area contributed by atoms with Crippen molar-refractivity contribution in [2.75, 3.05) is 17.3 Å². The second-order valence-corrected chi connectivity index (χ2v) is 9.74. The van der Waals surface area contributed by atoms with Gasteiger partial charge in [0.05, 0.1) is 17.8 Å². The van der Waals surface area contributed by atoms with Gasteiger partial charge in [0.25, 0.3) is 5.91 Å². The number of aliphatic imine (C=N–C) groups is 1. The molecule has 2 aromatic heterocycles. The number of aromatic nitrogens is 3. The Bertz CT molecular complexity index is 1500. The SMILES string of the molecule is CN1C(=O)c2c(n[nH]c2Nc2ccccc2)N2C1=NC1CCCC12.Cc1ccc(-c2cc(F)ccn2)cc1. The van der Waals surface area contributed by atoms with Crippen LogP contribution in [-0.4, -0.2) is 51.1 Å². The lowest BCUT2D eigenvalue weighted by Crippen LogP contribution is -2.51. The third-order valence-electron chi connectivity index (χ3n) is 7.18. The molecule has 0 spiro atoms. The number of guanidine groups is 1. The Morgan fingerprint density at radius 1 is 1.05 bits per heavy atom. The normalized spacial score (nSPS) is 19.2. The number of amides is 1. The molecule has 7 rings (SSSR count). The van der Waals surface area contributed by atoms with E-state index in [-0.39, 0.29) is 17.8 Å². The van der Waals surface area contributed by atoms with Gasteiger partial charge in [0, 0.05) is 30.6 Å². The topological polar surface area (TPSA) is 89.5 Å². The maximum absolute atomic E-state index is 12.9. The predicted molar refractivity (Wildman–Crippen MR) is 146 cm³/mol. The Morgan fingerprint density at radius 2 is 1.84 bits per heavy atom. The number of anilines is 3. The quantitative estimate of drug-likeness (QED) is 0.379. The number of pyridine rings is 1. The summed E-state index contributed by atoms with van der Waals surface area (Å²) in [7, 11) is 1.79. The summed E-state index contributed by atoms with van der Waals surface area (Å²) < 4.78 is 12.9. The predicted octanol–water partition coefficient (Wildman–Crippen LogP) is 5.53. The number of para-hydroxylation sites is 1. The van der Waals surface area contributed by atoms with Crippen molar-refractivity contribution in [2.45, 2.75) is 38.3 Å². The van der Waals surface area contributed by atoms with Crippen LogP contribution < -0.4 is 10.2 Å². The van der Waals surface area contributed by atoms with E-state index in [1.54, 1.807) is 11.9 Å². The first-order chi connectivity index (χ1) is 18.5. The third kappa shape index (κ3) is 4.30. The third-order valence-corrected chi connectivity index (χ3v) is 7.18. The second-order valence-electron chi connectivity index (χ2n) is 9.74. The van der Waals surface area contributed by atoms with E-state index >= 15 is 0 Å². The molecule has 3 aliphatic rings. The minimum atomic E-state index is -0.254. The molecule has 0 radical (unpaired) electrons. The Morgan fingerprint density at radius 3 is 2.61 bits per heavy atom. The maximum Gasteiger partial charge on any atom is 0.267 e. The molecule has 1 fully saturated rings. The van der Waals surface area contributed by atoms with Crippen LogP contribution in [0.4, 0.5) is 21.7 Å². The van der Waals surface area contributed by atoms with Crippen LogP contribution in [-0.2, 0) is 0 Å². The summed E-state index contributed by atoms with van der Waals surface area (Å²) in [4.78, 5) is 25.5. The van der Waals surface area contributed by atoms with Crippen molar-refractivity contribution in [3.05, 3.63) is 89.9 Å². The number of rotatable bonds is 3. The number of nitrogens with zero attached hydrogens (tertiary/aromatic N) is 5. The summed E-state index contributed by atoms with van der Waals surface area (Å²) in [6, 6.07) is 21.0. The van der Waals surface area contributed by atoms with Crippen LogP contribution in [0, 0.1) is 12.7 Å². The van der Waals surface area contributed by atoms with E-state index in [4.69, 9.17) is 4.99 Å². The fourth-order valence-electron chi connectivity index (χ4n) is 5.24. The molecule has 2 unspecified atom stereocenters. The van der Waals surface area contributed by atoms with Gasteiger partial charge in [-0.25, -0.2) is 9.38 Å². The van der Waals surface area contributed by atoms with Crippen LogP contribution in [0.5, 0.6) is 0 Å². The molecule has 0 bridgehead atoms. The van der Waals surface area contributed by atoms with Gasteiger partial charge in [0.15, 0.2) is 5.82 Å². The molecule has 1 amide bonds. The number of aryl methyl sites for hydroxylation is 1. The first-order valence-corrected chi connectivity index (χ1v) is 12.7. The van der Waals surface area contributed by atoms with Crippen molar-refractivity contribution in [1.82, 2.24) is 20.1 Å². The molecule has 9 heteroatoms. The summed E-state index contributed by atoms with van der Waals surface area (Å²) in [5, 5.41) is 10.7. The number of benzene rings is 2. The molecule has 0 saturated heterocycles. The summed E-state index contributed by atoms with van der Waals surface area (Å²) in [6.07, 6.45) is 4.83. The first-order valence-electron chi connectivity index (χ1n) is 12.7. The number of carbonyl (C=O) groups excluding carboxylic acids is 1. The van der Waals surface area contributed by atoms with E-state index in [0.29, 0.717) is 28.9 Å². The molecule has 38 heavy (non-hydrogen) atoms. The van der Waals surface area contributed by atoms with Gasteiger partial charge in [0.1, 0.15) is 17.2 Å². The van der Waals surface area contributed by atoms with Crippen LogP contribution in [0.25, 0.3) is 11.3 Å². The van der Waals surface area contributed by atoms with Crippen LogP contribution >= 0.6 is 0 Å². The van der Waals surface area contributed by atoms with Crippen molar-refractivity contribution < 1.29 is 9.18 Å². The van der Waals surface area contributed by atoms with E-state index in [0.717, 1.165) is 30.1 Å². The highest BCUT2D eigenvalue weighted by Gasteiger charge is 2.48.